The van der Waals surface area contributed by atoms with Crippen molar-refractivity contribution in [3.8, 4) is 11.8 Å². The summed E-state index contributed by atoms with van der Waals surface area (Å²) in [5.74, 6) is 5.26. The number of piperidine rings is 1. The number of amides is 2. The molecular formula is C19H27ClN4O3. The van der Waals surface area contributed by atoms with Crippen molar-refractivity contribution in [3.05, 3.63) is 10.7 Å². The van der Waals surface area contributed by atoms with Crippen LogP contribution in [0.15, 0.2) is 10.7 Å². The van der Waals surface area contributed by atoms with Crippen LogP contribution in [0.4, 0.5) is 0 Å². The van der Waals surface area contributed by atoms with Gasteiger partial charge in [0.15, 0.2) is 0 Å². The highest BCUT2D eigenvalue weighted by Gasteiger charge is 2.40. The van der Waals surface area contributed by atoms with Crippen LogP contribution in [0.5, 0.6) is 0 Å². The smallest absolute Gasteiger partial charge is 0.279 e. The van der Waals surface area contributed by atoms with Crippen LogP contribution in [-0.4, -0.2) is 102 Å². The maximum absolute atomic E-state index is 12.6. The molecule has 2 amide bonds. The van der Waals surface area contributed by atoms with E-state index in [1.807, 2.05) is 4.90 Å². The molecule has 148 valence electrons. The second kappa shape index (κ2) is 9.56. The van der Waals surface area contributed by atoms with Crippen molar-refractivity contribution in [2.45, 2.75) is 19.3 Å². The minimum Gasteiger partial charge on any atom is -0.395 e. The van der Waals surface area contributed by atoms with Gasteiger partial charge in [-0.15, -0.1) is 0 Å². The third kappa shape index (κ3) is 4.82. The minimum absolute atomic E-state index is 0.0312. The fourth-order valence-electron chi connectivity index (χ4n) is 3.68. The maximum Gasteiger partial charge on any atom is 0.279 e. The first-order valence-electron chi connectivity index (χ1n) is 9.64. The minimum atomic E-state index is -0.436. The topological polar surface area (TPSA) is 67.3 Å². The predicted octanol–water partition coefficient (Wildman–Crippen LogP) is -0.0952. The van der Waals surface area contributed by atoms with Crippen molar-refractivity contribution in [3.63, 3.8) is 0 Å². The molecule has 1 N–H and O–H groups in total. The Bertz CT molecular complexity index is 656. The van der Waals surface area contributed by atoms with Gasteiger partial charge in [0, 0.05) is 45.8 Å². The first-order valence-corrected chi connectivity index (χ1v) is 10.0. The summed E-state index contributed by atoms with van der Waals surface area (Å²) in [6, 6.07) is 0. The van der Waals surface area contributed by atoms with Crippen LogP contribution < -0.4 is 0 Å². The molecule has 0 radical (unpaired) electrons. The Labute approximate surface area is 165 Å². The molecule has 3 aliphatic rings. The van der Waals surface area contributed by atoms with Crippen LogP contribution in [0.2, 0.25) is 0 Å². The quantitative estimate of drug-likeness (QED) is 0.519. The Morgan fingerprint density at radius 3 is 2.15 bits per heavy atom. The third-order valence-electron chi connectivity index (χ3n) is 5.31. The molecule has 7 nitrogen and oxygen atoms in total. The number of hydrogen-bond acceptors (Lipinski definition) is 6. The van der Waals surface area contributed by atoms with E-state index in [0.29, 0.717) is 18.8 Å². The van der Waals surface area contributed by atoms with Crippen molar-refractivity contribution >= 4 is 23.4 Å². The van der Waals surface area contributed by atoms with Crippen LogP contribution in [0.25, 0.3) is 0 Å². The van der Waals surface area contributed by atoms with Gasteiger partial charge >= 0.3 is 0 Å². The number of aliphatic hydroxyl groups is 1. The van der Waals surface area contributed by atoms with Gasteiger partial charge in [-0.2, -0.15) is 0 Å². The molecule has 0 aromatic rings. The molecule has 0 aromatic heterocycles. The van der Waals surface area contributed by atoms with E-state index in [4.69, 9.17) is 16.7 Å². The summed E-state index contributed by atoms with van der Waals surface area (Å²) in [7, 11) is 0. The van der Waals surface area contributed by atoms with E-state index >= 15 is 0 Å². The van der Waals surface area contributed by atoms with Crippen LogP contribution in [0.3, 0.4) is 0 Å². The molecule has 0 aliphatic carbocycles. The van der Waals surface area contributed by atoms with E-state index in [0.717, 1.165) is 63.4 Å². The second-order valence-corrected chi connectivity index (χ2v) is 7.48. The van der Waals surface area contributed by atoms with Crippen molar-refractivity contribution in [1.29, 1.82) is 0 Å². The lowest BCUT2D eigenvalue weighted by Crippen LogP contribution is -2.47. The van der Waals surface area contributed by atoms with E-state index in [1.165, 1.54) is 0 Å². The number of carbonyl (C=O) groups excluding carboxylic acids is 2. The fourth-order valence-corrected chi connectivity index (χ4v) is 3.99. The molecule has 3 rings (SSSR count). The summed E-state index contributed by atoms with van der Waals surface area (Å²) >= 11 is 6.17. The number of aliphatic hydroxyl groups excluding tert-OH is 1. The van der Waals surface area contributed by atoms with E-state index in [-0.39, 0.29) is 24.1 Å². The molecule has 3 aliphatic heterocycles. The van der Waals surface area contributed by atoms with Gasteiger partial charge in [0.05, 0.1) is 19.7 Å². The molecule has 2 saturated heterocycles. The molecule has 0 atom stereocenters. The van der Waals surface area contributed by atoms with E-state index in [1.54, 1.807) is 0 Å². The van der Waals surface area contributed by atoms with Gasteiger partial charge in [-0.05, 0) is 19.3 Å². The number of carbonyl (C=O) groups is 2. The highest BCUT2D eigenvalue weighted by atomic mass is 35.5. The number of hydrogen-bond donors (Lipinski definition) is 1. The van der Waals surface area contributed by atoms with Gasteiger partial charge in [-0.3, -0.25) is 24.3 Å². The third-order valence-corrected chi connectivity index (χ3v) is 5.65. The largest absolute Gasteiger partial charge is 0.395 e. The van der Waals surface area contributed by atoms with Gasteiger partial charge in [0.25, 0.3) is 11.8 Å². The Hall–Kier alpha value is -1.59. The molecule has 8 heteroatoms. The van der Waals surface area contributed by atoms with Crippen LogP contribution in [0, 0.1) is 11.8 Å². The normalized spacial score (nSPS) is 22.4. The average molecular weight is 395 g/mol. The Morgan fingerprint density at radius 1 is 0.852 bits per heavy atom. The summed E-state index contributed by atoms with van der Waals surface area (Å²) in [5, 5.41) is 9.00. The van der Waals surface area contributed by atoms with E-state index in [9.17, 15) is 9.59 Å². The highest BCUT2D eigenvalue weighted by molar-refractivity contribution is 6.47. The number of imide groups is 1. The van der Waals surface area contributed by atoms with E-state index in [2.05, 4.69) is 21.6 Å². The van der Waals surface area contributed by atoms with Crippen LogP contribution >= 0.6 is 11.6 Å². The Balaban J connectivity index is 1.49. The van der Waals surface area contributed by atoms with Gasteiger partial charge in [-0.25, -0.2) is 0 Å². The molecule has 0 unspecified atom stereocenters. The number of rotatable bonds is 5. The number of nitrogens with zero attached hydrogens (tertiary/aromatic N) is 4. The molecule has 27 heavy (non-hydrogen) atoms. The zero-order chi connectivity index (χ0) is 19.2. The van der Waals surface area contributed by atoms with Crippen molar-refractivity contribution < 1.29 is 14.7 Å². The summed E-state index contributed by atoms with van der Waals surface area (Å²) in [6.45, 7) is 6.79. The van der Waals surface area contributed by atoms with E-state index < -0.39 is 5.91 Å². The monoisotopic (exact) mass is 394 g/mol. The predicted molar refractivity (Wildman–Crippen MR) is 103 cm³/mol. The Morgan fingerprint density at radius 2 is 1.48 bits per heavy atom. The lowest BCUT2D eigenvalue weighted by atomic mass is 10.1. The van der Waals surface area contributed by atoms with Gasteiger partial charge in [0.2, 0.25) is 0 Å². The summed E-state index contributed by atoms with van der Waals surface area (Å²) in [6.07, 6.45) is 3.17. The lowest BCUT2D eigenvalue weighted by molar-refractivity contribution is -0.137. The first kappa shape index (κ1) is 20.2. The first-order chi connectivity index (χ1) is 13.1. The molecule has 0 saturated carbocycles. The van der Waals surface area contributed by atoms with Gasteiger partial charge < -0.3 is 10.0 Å². The zero-order valence-corrected chi connectivity index (χ0v) is 16.4. The van der Waals surface area contributed by atoms with Gasteiger partial charge in [-0.1, -0.05) is 23.4 Å². The van der Waals surface area contributed by atoms with Crippen LogP contribution in [0.1, 0.15) is 19.3 Å². The highest BCUT2D eigenvalue weighted by Crippen LogP contribution is 2.28. The number of piperazine rings is 1. The lowest BCUT2D eigenvalue weighted by Gasteiger charge is -2.33. The average Bonchev–Trinajstić information content (AvgIpc) is 2.90. The van der Waals surface area contributed by atoms with Crippen molar-refractivity contribution in [1.82, 2.24) is 19.6 Å². The second-order valence-electron chi connectivity index (χ2n) is 7.10. The number of β-amino-alcohol motifs (C(OH)–C–C–N with tert-alkyl or cyclic N) is 1. The SMILES string of the molecule is O=C1C(Cl)=C(N2CCCCC2)C(=O)N1CC#CCN1CCN(CCO)CC1. The van der Waals surface area contributed by atoms with Gasteiger partial charge in [0.1, 0.15) is 10.7 Å². The molecule has 0 spiro atoms. The molecule has 3 heterocycles. The maximum atomic E-state index is 12.6. The van der Waals surface area contributed by atoms with Crippen LogP contribution in [-0.2, 0) is 9.59 Å². The fraction of sp³-hybridized carbons (Fsp3) is 0.684. The molecule has 0 aromatic carbocycles. The zero-order valence-electron chi connectivity index (χ0n) is 15.6. The molecule has 0 bridgehead atoms. The van der Waals surface area contributed by atoms with Crippen molar-refractivity contribution in [2.75, 3.05) is 65.5 Å². The number of likely N-dealkylation sites (tertiary alicyclic amines) is 1. The summed E-state index contributed by atoms with van der Waals surface area (Å²) < 4.78 is 0. The standard InChI is InChI=1S/C19H27ClN4O3/c20-16-17(23-7-2-1-3-8-23)19(27)24(18(16)26)9-5-4-6-21-10-12-22(13-11-21)14-15-25/h25H,1-3,6-15H2. The summed E-state index contributed by atoms with van der Waals surface area (Å²) in [5.41, 5.74) is 0.350. The van der Waals surface area contributed by atoms with Crippen molar-refractivity contribution in [2.24, 2.45) is 0 Å². The Kier molecular flexibility index (Phi) is 7.13. The number of halogens is 1. The molecule has 2 fully saturated rings. The summed E-state index contributed by atoms with van der Waals surface area (Å²) in [4.78, 5) is 32.5. The molecular weight excluding hydrogens is 368 g/mol.